The first-order valence-corrected chi connectivity index (χ1v) is 4.01. The second kappa shape index (κ2) is 3.80. The lowest BCUT2D eigenvalue weighted by atomic mass is 10.2. The summed E-state index contributed by atoms with van der Waals surface area (Å²) < 4.78 is 25.3. The summed E-state index contributed by atoms with van der Waals surface area (Å²) in [6.45, 7) is 0. The summed E-state index contributed by atoms with van der Waals surface area (Å²) >= 11 is 2.90. The van der Waals surface area contributed by atoms with Crippen LogP contribution in [-0.4, -0.2) is 5.91 Å². The average molecular weight is 251 g/mol. The molecule has 0 atom stereocenters. The van der Waals surface area contributed by atoms with Gasteiger partial charge < -0.3 is 0 Å². The second-order valence-corrected chi connectivity index (χ2v) is 3.07. The van der Waals surface area contributed by atoms with E-state index in [9.17, 15) is 13.6 Å². The maximum Gasteiger partial charge on any atom is 0.266 e. The topological polar surface area (TPSA) is 55.1 Å². The monoisotopic (exact) mass is 250 g/mol. The van der Waals surface area contributed by atoms with Crippen LogP contribution < -0.4 is 11.3 Å². The molecule has 0 radical (unpaired) electrons. The van der Waals surface area contributed by atoms with Crippen molar-refractivity contribution in [2.45, 2.75) is 0 Å². The number of halogens is 3. The second-order valence-electron chi connectivity index (χ2n) is 2.22. The first-order valence-electron chi connectivity index (χ1n) is 3.21. The molecular weight excluding hydrogens is 246 g/mol. The minimum Gasteiger partial charge on any atom is -0.290 e. The van der Waals surface area contributed by atoms with Crippen LogP contribution in [0.15, 0.2) is 16.6 Å². The summed E-state index contributed by atoms with van der Waals surface area (Å²) in [5, 5.41) is 0. The van der Waals surface area contributed by atoms with Crippen LogP contribution in [0.1, 0.15) is 10.4 Å². The van der Waals surface area contributed by atoms with E-state index in [2.05, 4.69) is 15.9 Å². The fourth-order valence-corrected chi connectivity index (χ4v) is 1.27. The predicted molar refractivity (Wildman–Crippen MR) is 45.7 cm³/mol. The molecule has 1 rings (SSSR count). The molecule has 3 N–H and O–H groups in total. The number of rotatable bonds is 1. The van der Waals surface area contributed by atoms with E-state index in [1.165, 1.54) is 0 Å². The van der Waals surface area contributed by atoms with Crippen molar-refractivity contribution in [3.8, 4) is 0 Å². The highest BCUT2D eigenvalue weighted by atomic mass is 79.9. The zero-order chi connectivity index (χ0) is 10.0. The van der Waals surface area contributed by atoms with Crippen molar-refractivity contribution >= 4 is 21.8 Å². The molecule has 0 spiro atoms. The van der Waals surface area contributed by atoms with Crippen LogP contribution in [0.4, 0.5) is 8.78 Å². The van der Waals surface area contributed by atoms with Crippen molar-refractivity contribution in [1.29, 1.82) is 0 Å². The standard InChI is InChI=1S/C7H5BrF2N2O/c8-4-2-6(10)5(9)1-3(4)7(13)12-11/h1-2H,11H2,(H,12,13). The molecule has 0 saturated carbocycles. The van der Waals surface area contributed by atoms with Gasteiger partial charge in [0.05, 0.1) is 5.56 Å². The summed E-state index contributed by atoms with van der Waals surface area (Å²) in [4.78, 5) is 10.9. The summed E-state index contributed by atoms with van der Waals surface area (Å²) in [6.07, 6.45) is 0. The van der Waals surface area contributed by atoms with E-state index in [1.54, 1.807) is 0 Å². The minimum atomic E-state index is -1.10. The van der Waals surface area contributed by atoms with Gasteiger partial charge in [-0.1, -0.05) is 0 Å². The Balaban J connectivity index is 3.23. The highest BCUT2D eigenvalue weighted by Crippen LogP contribution is 2.20. The molecule has 1 amide bonds. The maximum absolute atomic E-state index is 12.6. The number of benzene rings is 1. The molecule has 0 saturated heterocycles. The van der Waals surface area contributed by atoms with Crippen molar-refractivity contribution in [1.82, 2.24) is 5.43 Å². The zero-order valence-corrected chi connectivity index (χ0v) is 7.86. The Morgan fingerprint density at radius 2 is 1.92 bits per heavy atom. The third kappa shape index (κ3) is 2.02. The van der Waals surface area contributed by atoms with E-state index < -0.39 is 17.5 Å². The van der Waals surface area contributed by atoms with E-state index >= 15 is 0 Å². The molecule has 13 heavy (non-hydrogen) atoms. The molecule has 1 aromatic carbocycles. The molecule has 0 aliphatic heterocycles. The van der Waals surface area contributed by atoms with Crippen LogP contribution in [0, 0.1) is 11.6 Å². The minimum absolute atomic E-state index is 0.0543. The van der Waals surface area contributed by atoms with Crippen LogP contribution in [0.25, 0.3) is 0 Å². The molecule has 0 heterocycles. The Bertz CT molecular complexity index is 357. The molecule has 3 nitrogen and oxygen atoms in total. The Kier molecular flexibility index (Phi) is 2.94. The van der Waals surface area contributed by atoms with Crippen LogP contribution in [-0.2, 0) is 0 Å². The maximum atomic E-state index is 12.6. The quantitative estimate of drug-likeness (QED) is 0.342. The molecule has 0 aliphatic carbocycles. The lowest BCUT2D eigenvalue weighted by Gasteiger charge is -2.02. The SMILES string of the molecule is NNC(=O)c1cc(F)c(F)cc1Br. The normalized spacial score (nSPS) is 9.85. The third-order valence-electron chi connectivity index (χ3n) is 1.39. The van der Waals surface area contributed by atoms with E-state index in [0.717, 1.165) is 12.1 Å². The van der Waals surface area contributed by atoms with E-state index in [4.69, 9.17) is 5.84 Å². The number of amides is 1. The first kappa shape index (κ1) is 10.1. The summed E-state index contributed by atoms with van der Waals surface area (Å²) in [6, 6.07) is 1.63. The van der Waals surface area contributed by atoms with Gasteiger partial charge in [0.25, 0.3) is 5.91 Å². The molecule has 0 aliphatic rings. The molecule has 6 heteroatoms. The number of hydrogen-bond acceptors (Lipinski definition) is 2. The first-order chi connectivity index (χ1) is 6.06. The van der Waals surface area contributed by atoms with E-state index in [0.29, 0.717) is 0 Å². The number of hydrogen-bond donors (Lipinski definition) is 2. The van der Waals surface area contributed by atoms with E-state index in [1.807, 2.05) is 5.43 Å². The number of hydrazine groups is 1. The van der Waals surface area contributed by atoms with Crippen molar-refractivity contribution < 1.29 is 13.6 Å². The third-order valence-corrected chi connectivity index (χ3v) is 2.04. The van der Waals surface area contributed by atoms with Crippen LogP contribution in [0.3, 0.4) is 0 Å². The van der Waals surface area contributed by atoms with Gasteiger partial charge in [-0.2, -0.15) is 0 Å². The number of nitrogens with two attached hydrogens (primary N) is 1. The van der Waals surface area contributed by atoms with Crippen molar-refractivity contribution in [2.24, 2.45) is 5.84 Å². The van der Waals surface area contributed by atoms with Gasteiger partial charge in [-0.3, -0.25) is 10.2 Å². The van der Waals surface area contributed by atoms with Crippen molar-refractivity contribution in [2.75, 3.05) is 0 Å². The van der Waals surface area contributed by atoms with Crippen molar-refractivity contribution in [3.05, 3.63) is 33.8 Å². The molecular formula is C7H5BrF2N2O. The van der Waals surface area contributed by atoms with Gasteiger partial charge >= 0.3 is 0 Å². The largest absolute Gasteiger partial charge is 0.290 e. The fourth-order valence-electron chi connectivity index (χ4n) is 0.774. The molecule has 0 aromatic heterocycles. The summed E-state index contributed by atoms with van der Waals surface area (Å²) in [5.41, 5.74) is 1.76. The fraction of sp³-hybridized carbons (Fsp3) is 0. The lowest BCUT2D eigenvalue weighted by molar-refractivity contribution is 0.0952. The molecule has 0 unspecified atom stereocenters. The highest BCUT2D eigenvalue weighted by Gasteiger charge is 2.13. The van der Waals surface area contributed by atoms with Crippen molar-refractivity contribution in [3.63, 3.8) is 0 Å². The Hall–Kier alpha value is -1.01. The van der Waals surface area contributed by atoms with E-state index in [-0.39, 0.29) is 10.0 Å². The Morgan fingerprint density at radius 3 is 2.46 bits per heavy atom. The number of carbonyl (C=O) groups is 1. The molecule has 0 fully saturated rings. The zero-order valence-electron chi connectivity index (χ0n) is 6.27. The van der Waals surface area contributed by atoms with Gasteiger partial charge in [-0.25, -0.2) is 14.6 Å². The summed E-state index contributed by atoms with van der Waals surface area (Å²) in [5.74, 6) is 2.01. The highest BCUT2D eigenvalue weighted by molar-refractivity contribution is 9.10. The van der Waals surface area contributed by atoms with Gasteiger partial charge in [0.2, 0.25) is 0 Å². The van der Waals surface area contributed by atoms with Gasteiger partial charge in [0.1, 0.15) is 0 Å². The molecule has 1 aromatic rings. The number of carbonyl (C=O) groups excluding carboxylic acids is 1. The van der Waals surface area contributed by atoms with Gasteiger partial charge in [0.15, 0.2) is 11.6 Å². The number of nitrogens with one attached hydrogen (secondary N) is 1. The van der Waals surface area contributed by atoms with Crippen LogP contribution >= 0.6 is 15.9 Å². The summed E-state index contributed by atoms with van der Waals surface area (Å²) in [7, 11) is 0. The van der Waals surface area contributed by atoms with Gasteiger partial charge in [-0.05, 0) is 28.1 Å². The average Bonchev–Trinajstić information content (AvgIpc) is 2.10. The van der Waals surface area contributed by atoms with Gasteiger partial charge in [0, 0.05) is 4.47 Å². The Morgan fingerprint density at radius 1 is 1.38 bits per heavy atom. The predicted octanol–water partition coefficient (Wildman–Crippen LogP) is 1.33. The molecule has 0 bridgehead atoms. The number of nitrogen functional groups attached to an aromatic ring is 1. The molecule has 70 valence electrons. The van der Waals surface area contributed by atoms with Gasteiger partial charge in [-0.15, -0.1) is 0 Å². The van der Waals surface area contributed by atoms with Crippen LogP contribution in [0.5, 0.6) is 0 Å². The lowest BCUT2D eigenvalue weighted by Crippen LogP contribution is -2.30. The van der Waals surface area contributed by atoms with Crippen LogP contribution in [0.2, 0.25) is 0 Å². The smallest absolute Gasteiger partial charge is 0.266 e. The Labute approximate surface area is 81.0 Å².